The number of aryl methyl sites for hydroxylation is 1. The predicted molar refractivity (Wildman–Crippen MR) is 97.7 cm³/mol. The Morgan fingerprint density at radius 1 is 1.27 bits per heavy atom. The summed E-state index contributed by atoms with van der Waals surface area (Å²) in [5.41, 5.74) is 3.06. The van der Waals surface area contributed by atoms with E-state index < -0.39 is 12.0 Å². The first-order valence-electron chi connectivity index (χ1n) is 8.67. The molecular formula is C20H24N2O4. The number of pyridine rings is 1. The van der Waals surface area contributed by atoms with Gasteiger partial charge in [-0.2, -0.15) is 0 Å². The Kier molecular flexibility index (Phi) is 5.42. The summed E-state index contributed by atoms with van der Waals surface area (Å²) in [5, 5.41) is 9.68. The maximum absolute atomic E-state index is 11.8. The summed E-state index contributed by atoms with van der Waals surface area (Å²) < 4.78 is 10.8. The van der Waals surface area contributed by atoms with Crippen LogP contribution in [0.4, 0.5) is 0 Å². The van der Waals surface area contributed by atoms with Crippen LogP contribution in [-0.4, -0.2) is 47.8 Å². The van der Waals surface area contributed by atoms with Crippen LogP contribution in [0, 0.1) is 6.92 Å². The fourth-order valence-corrected chi connectivity index (χ4v) is 3.73. The van der Waals surface area contributed by atoms with E-state index >= 15 is 0 Å². The van der Waals surface area contributed by atoms with E-state index in [2.05, 4.69) is 9.88 Å². The van der Waals surface area contributed by atoms with E-state index in [0.29, 0.717) is 17.9 Å². The summed E-state index contributed by atoms with van der Waals surface area (Å²) in [6.07, 6.45) is 5.09. The molecule has 6 nitrogen and oxygen atoms in total. The average molecular weight is 356 g/mol. The average Bonchev–Trinajstić information content (AvgIpc) is 3.13. The second-order valence-corrected chi connectivity index (χ2v) is 6.48. The third-order valence-electron chi connectivity index (χ3n) is 4.99. The number of aromatic nitrogens is 1. The minimum atomic E-state index is -0.778. The molecule has 0 bridgehead atoms. The van der Waals surface area contributed by atoms with Crippen molar-refractivity contribution in [1.29, 1.82) is 0 Å². The first-order chi connectivity index (χ1) is 12.6. The molecule has 1 aromatic carbocycles. The number of likely N-dealkylation sites (tertiary alicyclic amines) is 1. The van der Waals surface area contributed by atoms with Gasteiger partial charge in [0.05, 0.1) is 20.3 Å². The van der Waals surface area contributed by atoms with Crippen molar-refractivity contribution in [2.75, 3.05) is 20.8 Å². The second-order valence-electron chi connectivity index (χ2n) is 6.48. The molecule has 0 saturated carbocycles. The normalized spacial score (nSPS) is 18.5. The molecule has 2 unspecified atom stereocenters. The number of carbonyl (C=O) groups is 1. The van der Waals surface area contributed by atoms with Crippen molar-refractivity contribution in [3.8, 4) is 11.5 Å². The van der Waals surface area contributed by atoms with E-state index in [1.54, 1.807) is 20.4 Å². The highest BCUT2D eigenvalue weighted by Crippen LogP contribution is 2.39. The molecule has 1 aliphatic rings. The van der Waals surface area contributed by atoms with Gasteiger partial charge >= 0.3 is 5.97 Å². The van der Waals surface area contributed by atoms with Crippen LogP contribution in [0.15, 0.2) is 36.7 Å². The lowest BCUT2D eigenvalue weighted by atomic mass is 9.93. The third kappa shape index (κ3) is 3.37. The number of nitrogens with zero attached hydrogens (tertiary/aromatic N) is 2. The molecule has 1 N–H and O–H groups in total. The van der Waals surface area contributed by atoms with E-state index in [9.17, 15) is 9.90 Å². The van der Waals surface area contributed by atoms with Crippen LogP contribution in [0.3, 0.4) is 0 Å². The lowest BCUT2D eigenvalue weighted by molar-refractivity contribution is -0.142. The Bertz CT molecular complexity index is 793. The molecule has 0 aliphatic carbocycles. The fourth-order valence-electron chi connectivity index (χ4n) is 3.73. The summed E-state index contributed by atoms with van der Waals surface area (Å²) in [4.78, 5) is 18.0. The lowest BCUT2D eigenvalue weighted by Gasteiger charge is -2.33. The zero-order valence-electron chi connectivity index (χ0n) is 15.3. The van der Waals surface area contributed by atoms with Crippen LogP contribution in [-0.2, 0) is 4.79 Å². The molecule has 2 aromatic rings. The molecule has 138 valence electrons. The lowest BCUT2D eigenvalue weighted by Crippen LogP contribution is -2.39. The number of benzene rings is 1. The Morgan fingerprint density at radius 3 is 2.69 bits per heavy atom. The highest BCUT2D eigenvalue weighted by molar-refractivity contribution is 5.74. The van der Waals surface area contributed by atoms with Gasteiger partial charge in [0.1, 0.15) is 6.04 Å². The van der Waals surface area contributed by atoms with E-state index in [-0.39, 0.29) is 6.04 Å². The molecule has 1 aliphatic heterocycles. The molecule has 2 atom stereocenters. The molecule has 1 fully saturated rings. The van der Waals surface area contributed by atoms with Gasteiger partial charge in [-0.15, -0.1) is 0 Å². The molecule has 6 heteroatoms. The van der Waals surface area contributed by atoms with E-state index in [1.165, 1.54) is 0 Å². The third-order valence-corrected chi connectivity index (χ3v) is 4.99. The Labute approximate surface area is 153 Å². The molecule has 3 rings (SSSR count). The number of aliphatic carboxylic acids is 1. The number of hydrogen-bond donors (Lipinski definition) is 1. The van der Waals surface area contributed by atoms with Crippen molar-refractivity contribution in [3.63, 3.8) is 0 Å². The first-order valence-corrected chi connectivity index (χ1v) is 8.67. The van der Waals surface area contributed by atoms with Crippen LogP contribution in [0.1, 0.15) is 35.6 Å². The summed E-state index contributed by atoms with van der Waals surface area (Å²) >= 11 is 0. The van der Waals surface area contributed by atoms with Gasteiger partial charge in [-0.05, 0) is 54.7 Å². The van der Waals surface area contributed by atoms with E-state index in [4.69, 9.17) is 9.47 Å². The number of rotatable bonds is 6. The highest BCUT2D eigenvalue weighted by Gasteiger charge is 2.37. The van der Waals surface area contributed by atoms with Crippen LogP contribution in [0.5, 0.6) is 11.5 Å². The number of carboxylic acids is 1. The minimum Gasteiger partial charge on any atom is -0.493 e. The Balaban J connectivity index is 2.12. The fraction of sp³-hybridized carbons (Fsp3) is 0.400. The van der Waals surface area contributed by atoms with Crippen molar-refractivity contribution in [1.82, 2.24) is 9.88 Å². The van der Waals surface area contributed by atoms with Crippen LogP contribution < -0.4 is 9.47 Å². The summed E-state index contributed by atoms with van der Waals surface area (Å²) in [6.45, 7) is 2.74. The first kappa shape index (κ1) is 18.2. The van der Waals surface area contributed by atoms with Gasteiger partial charge in [0.15, 0.2) is 11.5 Å². The second kappa shape index (κ2) is 7.74. The summed E-state index contributed by atoms with van der Waals surface area (Å²) in [6, 6.07) is 7.06. The molecule has 2 heterocycles. The predicted octanol–water partition coefficient (Wildman–Crippen LogP) is 3.05. The molecular weight excluding hydrogens is 332 g/mol. The molecule has 1 saturated heterocycles. The van der Waals surface area contributed by atoms with Crippen molar-refractivity contribution in [2.24, 2.45) is 0 Å². The van der Waals surface area contributed by atoms with Crippen LogP contribution >= 0.6 is 0 Å². The van der Waals surface area contributed by atoms with Gasteiger partial charge in [-0.25, -0.2) is 0 Å². The highest BCUT2D eigenvalue weighted by atomic mass is 16.5. The zero-order valence-corrected chi connectivity index (χ0v) is 15.3. The number of carboxylic acid groups (broad SMARTS) is 1. The Morgan fingerprint density at radius 2 is 2.04 bits per heavy atom. The van der Waals surface area contributed by atoms with Crippen LogP contribution in [0.25, 0.3) is 0 Å². The molecule has 26 heavy (non-hydrogen) atoms. The van der Waals surface area contributed by atoms with Gasteiger partial charge in [0, 0.05) is 18.9 Å². The quantitative estimate of drug-likeness (QED) is 0.858. The minimum absolute atomic E-state index is 0.179. The van der Waals surface area contributed by atoms with Crippen molar-refractivity contribution < 1.29 is 19.4 Å². The molecule has 1 aromatic heterocycles. The van der Waals surface area contributed by atoms with Gasteiger partial charge < -0.3 is 14.6 Å². The number of ether oxygens (including phenoxy) is 2. The largest absolute Gasteiger partial charge is 0.493 e. The van der Waals surface area contributed by atoms with Gasteiger partial charge in [-0.3, -0.25) is 14.7 Å². The van der Waals surface area contributed by atoms with Crippen molar-refractivity contribution in [2.45, 2.75) is 31.8 Å². The smallest absolute Gasteiger partial charge is 0.320 e. The Hall–Kier alpha value is -2.60. The standard InChI is InChI=1S/C20H24N2O4/c1-13-12-21-9-8-15(13)19(22-10-4-5-16(22)20(23)24)14-6-7-17(25-2)18(11-14)26-3/h6-9,11-12,16,19H,4-5,10H2,1-3H3,(H,23,24). The van der Waals surface area contributed by atoms with Gasteiger partial charge in [0.25, 0.3) is 0 Å². The maximum Gasteiger partial charge on any atom is 0.320 e. The van der Waals surface area contributed by atoms with Gasteiger partial charge in [0.2, 0.25) is 0 Å². The van der Waals surface area contributed by atoms with E-state index in [1.807, 2.05) is 37.4 Å². The monoisotopic (exact) mass is 356 g/mol. The summed E-state index contributed by atoms with van der Waals surface area (Å²) in [7, 11) is 3.20. The number of hydrogen-bond acceptors (Lipinski definition) is 5. The van der Waals surface area contributed by atoms with E-state index in [0.717, 1.165) is 29.7 Å². The topological polar surface area (TPSA) is 71.9 Å². The molecule has 0 amide bonds. The summed E-state index contributed by atoms with van der Waals surface area (Å²) in [5.74, 6) is 0.505. The van der Waals surface area contributed by atoms with Crippen molar-refractivity contribution in [3.05, 3.63) is 53.3 Å². The number of methoxy groups -OCH3 is 2. The molecule has 0 spiro atoms. The zero-order chi connectivity index (χ0) is 18.7. The van der Waals surface area contributed by atoms with Gasteiger partial charge in [-0.1, -0.05) is 6.07 Å². The van der Waals surface area contributed by atoms with Crippen LogP contribution in [0.2, 0.25) is 0 Å². The molecule has 0 radical (unpaired) electrons. The maximum atomic E-state index is 11.8. The van der Waals surface area contributed by atoms with Crippen molar-refractivity contribution >= 4 is 5.97 Å². The SMILES string of the molecule is COc1ccc(C(c2ccncc2C)N2CCCC2C(=O)O)cc1OC.